The Bertz CT molecular complexity index is 117. The highest BCUT2D eigenvalue weighted by molar-refractivity contribution is 4.55. The molecule has 2 N–H and O–H groups in total. The van der Waals surface area contributed by atoms with E-state index in [-0.39, 0.29) is 0 Å². The molecule has 0 saturated carbocycles. The first kappa shape index (κ1) is 15.9. The van der Waals surface area contributed by atoms with Crippen LogP contribution in [0.5, 0.6) is 0 Å². The second-order valence-corrected chi connectivity index (χ2v) is 5.46. The topological polar surface area (TPSA) is 24.1 Å². The monoisotopic (exact) mass is 228 g/mol. The van der Waals surface area contributed by atoms with E-state index in [1.165, 1.54) is 45.2 Å². The molecule has 0 rings (SSSR count). The van der Waals surface area contributed by atoms with E-state index < -0.39 is 0 Å². The molecule has 2 nitrogen and oxygen atoms in total. The minimum Gasteiger partial charge on any atom is -0.317 e. The maximum Gasteiger partial charge on any atom is 0.00103 e. The van der Waals surface area contributed by atoms with Crippen molar-refractivity contribution in [1.29, 1.82) is 0 Å². The van der Waals surface area contributed by atoms with Crippen molar-refractivity contribution in [1.82, 2.24) is 10.6 Å². The number of nitrogens with one attached hydrogen (secondary N) is 2. The van der Waals surface area contributed by atoms with Crippen LogP contribution in [0.25, 0.3) is 0 Å². The summed E-state index contributed by atoms with van der Waals surface area (Å²) in [7, 11) is 0. The molecular formula is C14H32N2. The maximum absolute atomic E-state index is 3.52. The van der Waals surface area contributed by atoms with Crippen LogP contribution in [0.3, 0.4) is 0 Å². The van der Waals surface area contributed by atoms with Crippen LogP contribution < -0.4 is 10.6 Å². The van der Waals surface area contributed by atoms with Gasteiger partial charge in [0.15, 0.2) is 0 Å². The van der Waals surface area contributed by atoms with Gasteiger partial charge in [-0.05, 0) is 44.8 Å². The smallest absolute Gasteiger partial charge is 0.00103 e. The van der Waals surface area contributed by atoms with Gasteiger partial charge in [0.05, 0.1) is 0 Å². The molecule has 98 valence electrons. The Morgan fingerprint density at radius 1 is 0.750 bits per heavy atom. The molecule has 0 aromatic rings. The Morgan fingerprint density at radius 3 is 1.88 bits per heavy atom. The standard InChI is InChI=1S/C14H32N2/c1-13(2)9-5-6-10-15-11-7-8-12-16-14(3)4/h13-16H,5-12H2,1-4H3. The molecule has 0 aromatic carbocycles. The fourth-order valence-electron chi connectivity index (χ4n) is 1.69. The zero-order valence-corrected chi connectivity index (χ0v) is 11.8. The molecule has 0 fully saturated rings. The molecule has 0 aliphatic rings. The highest BCUT2D eigenvalue weighted by Crippen LogP contribution is 2.04. The zero-order chi connectivity index (χ0) is 12.2. The first-order valence-corrected chi connectivity index (χ1v) is 7.07. The Kier molecular flexibility index (Phi) is 11.3. The van der Waals surface area contributed by atoms with Crippen molar-refractivity contribution < 1.29 is 0 Å². The summed E-state index contributed by atoms with van der Waals surface area (Å²) in [6.07, 6.45) is 6.67. The molecule has 2 heteroatoms. The molecule has 0 aromatic heterocycles. The van der Waals surface area contributed by atoms with Crippen molar-refractivity contribution in [2.75, 3.05) is 19.6 Å². The highest BCUT2D eigenvalue weighted by atomic mass is 14.9. The van der Waals surface area contributed by atoms with Gasteiger partial charge in [-0.2, -0.15) is 0 Å². The van der Waals surface area contributed by atoms with E-state index in [1.807, 2.05) is 0 Å². The molecule has 0 spiro atoms. The van der Waals surface area contributed by atoms with Gasteiger partial charge in [-0.15, -0.1) is 0 Å². The van der Waals surface area contributed by atoms with Crippen LogP contribution in [-0.2, 0) is 0 Å². The molecule has 0 radical (unpaired) electrons. The van der Waals surface area contributed by atoms with Crippen LogP contribution in [0.1, 0.15) is 59.8 Å². The molecule has 0 amide bonds. The zero-order valence-electron chi connectivity index (χ0n) is 11.8. The minimum atomic E-state index is 0.629. The van der Waals surface area contributed by atoms with Gasteiger partial charge in [0.2, 0.25) is 0 Å². The molecular weight excluding hydrogens is 196 g/mol. The van der Waals surface area contributed by atoms with E-state index in [0.717, 1.165) is 12.5 Å². The van der Waals surface area contributed by atoms with Gasteiger partial charge in [0, 0.05) is 6.04 Å². The lowest BCUT2D eigenvalue weighted by Crippen LogP contribution is -2.24. The number of hydrogen-bond acceptors (Lipinski definition) is 2. The second kappa shape index (κ2) is 11.4. The largest absolute Gasteiger partial charge is 0.317 e. The minimum absolute atomic E-state index is 0.629. The summed E-state index contributed by atoms with van der Waals surface area (Å²) in [6.45, 7) is 12.5. The molecule has 0 atom stereocenters. The Balaban J connectivity index is 2.93. The van der Waals surface area contributed by atoms with Crippen LogP contribution in [-0.4, -0.2) is 25.7 Å². The number of hydrogen-bond donors (Lipinski definition) is 2. The summed E-state index contributed by atoms with van der Waals surface area (Å²) in [5.41, 5.74) is 0. The maximum atomic E-state index is 3.52. The van der Waals surface area contributed by atoms with E-state index in [1.54, 1.807) is 0 Å². The van der Waals surface area contributed by atoms with Crippen molar-refractivity contribution >= 4 is 0 Å². The van der Waals surface area contributed by atoms with Crippen LogP contribution >= 0.6 is 0 Å². The van der Waals surface area contributed by atoms with Crippen molar-refractivity contribution in [3.05, 3.63) is 0 Å². The highest BCUT2D eigenvalue weighted by Gasteiger charge is 1.94. The van der Waals surface area contributed by atoms with Gasteiger partial charge in [0.25, 0.3) is 0 Å². The molecule has 0 unspecified atom stereocenters. The second-order valence-electron chi connectivity index (χ2n) is 5.46. The molecule has 0 saturated heterocycles. The van der Waals surface area contributed by atoms with Gasteiger partial charge < -0.3 is 10.6 Å². The fraction of sp³-hybridized carbons (Fsp3) is 1.00. The summed E-state index contributed by atoms with van der Waals surface area (Å²) in [5, 5.41) is 6.96. The SMILES string of the molecule is CC(C)CCCCNCCCCNC(C)C. The summed E-state index contributed by atoms with van der Waals surface area (Å²) in [6, 6.07) is 0.629. The van der Waals surface area contributed by atoms with Crippen molar-refractivity contribution in [3.63, 3.8) is 0 Å². The quantitative estimate of drug-likeness (QED) is 0.531. The lowest BCUT2D eigenvalue weighted by molar-refractivity contribution is 0.508. The van der Waals surface area contributed by atoms with Gasteiger partial charge in [-0.25, -0.2) is 0 Å². The fourth-order valence-corrected chi connectivity index (χ4v) is 1.69. The van der Waals surface area contributed by atoms with E-state index in [2.05, 4.69) is 38.3 Å². The first-order valence-electron chi connectivity index (χ1n) is 7.07. The van der Waals surface area contributed by atoms with Crippen LogP contribution in [0.4, 0.5) is 0 Å². The lowest BCUT2D eigenvalue weighted by Gasteiger charge is -2.08. The predicted octanol–water partition coefficient (Wildman–Crippen LogP) is 3.18. The summed E-state index contributed by atoms with van der Waals surface area (Å²) < 4.78 is 0. The van der Waals surface area contributed by atoms with Crippen LogP contribution in [0, 0.1) is 5.92 Å². The van der Waals surface area contributed by atoms with Crippen LogP contribution in [0.15, 0.2) is 0 Å². The third-order valence-corrected chi connectivity index (χ3v) is 2.72. The Labute approximate surface area is 103 Å². The molecule has 0 aliphatic heterocycles. The third-order valence-electron chi connectivity index (χ3n) is 2.72. The Morgan fingerprint density at radius 2 is 1.31 bits per heavy atom. The van der Waals surface area contributed by atoms with E-state index in [0.29, 0.717) is 6.04 Å². The van der Waals surface area contributed by atoms with Gasteiger partial charge in [0.1, 0.15) is 0 Å². The third kappa shape index (κ3) is 13.9. The van der Waals surface area contributed by atoms with Gasteiger partial charge in [-0.1, -0.05) is 40.5 Å². The normalized spacial score (nSPS) is 11.6. The molecule has 0 bridgehead atoms. The molecule has 0 heterocycles. The first-order chi connectivity index (χ1) is 7.63. The van der Waals surface area contributed by atoms with E-state index in [9.17, 15) is 0 Å². The van der Waals surface area contributed by atoms with Gasteiger partial charge in [-0.3, -0.25) is 0 Å². The summed E-state index contributed by atoms with van der Waals surface area (Å²) in [5.74, 6) is 0.863. The number of rotatable bonds is 11. The lowest BCUT2D eigenvalue weighted by atomic mass is 10.1. The van der Waals surface area contributed by atoms with Crippen molar-refractivity contribution in [3.8, 4) is 0 Å². The predicted molar refractivity (Wildman–Crippen MR) is 73.9 cm³/mol. The average molecular weight is 228 g/mol. The molecule has 16 heavy (non-hydrogen) atoms. The van der Waals surface area contributed by atoms with Gasteiger partial charge >= 0.3 is 0 Å². The number of unbranched alkanes of at least 4 members (excludes halogenated alkanes) is 2. The van der Waals surface area contributed by atoms with E-state index >= 15 is 0 Å². The molecule has 0 aliphatic carbocycles. The Hall–Kier alpha value is -0.0800. The summed E-state index contributed by atoms with van der Waals surface area (Å²) in [4.78, 5) is 0. The van der Waals surface area contributed by atoms with Crippen LogP contribution in [0.2, 0.25) is 0 Å². The van der Waals surface area contributed by atoms with E-state index in [4.69, 9.17) is 0 Å². The average Bonchev–Trinajstić information content (AvgIpc) is 2.20. The summed E-state index contributed by atoms with van der Waals surface area (Å²) >= 11 is 0. The van der Waals surface area contributed by atoms with Crippen molar-refractivity contribution in [2.24, 2.45) is 5.92 Å². The van der Waals surface area contributed by atoms with Crippen molar-refractivity contribution in [2.45, 2.75) is 65.8 Å².